The Hall–Kier alpha value is -1.56. The first-order valence-corrected chi connectivity index (χ1v) is 8.03. The van der Waals surface area contributed by atoms with E-state index in [1.54, 1.807) is 6.20 Å². The van der Waals surface area contributed by atoms with Crippen molar-refractivity contribution >= 4 is 21.7 Å². The third-order valence-corrected chi connectivity index (χ3v) is 4.64. The van der Waals surface area contributed by atoms with Crippen LogP contribution >= 0.6 is 15.9 Å². The van der Waals surface area contributed by atoms with Crippen LogP contribution in [0.15, 0.2) is 16.7 Å². The maximum absolute atomic E-state index is 4.79. The van der Waals surface area contributed by atoms with Gasteiger partial charge in [-0.1, -0.05) is 12.8 Å². The van der Waals surface area contributed by atoms with Crippen LogP contribution in [0, 0.1) is 6.92 Å². The molecule has 1 aliphatic rings. The summed E-state index contributed by atoms with van der Waals surface area (Å²) in [5.41, 5.74) is 1.86. The predicted octanol–water partition coefficient (Wildman–Crippen LogP) is 3.70. The molecular weight excluding hydrogens is 330 g/mol. The number of anilines is 1. The lowest BCUT2D eigenvalue weighted by Crippen LogP contribution is -2.07. The van der Waals surface area contributed by atoms with Crippen LogP contribution in [0.2, 0.25) is 0 Å². The Morgan fingerprint density at radius 2 is 1.95 bits per heavy atom. The van der Waals surface area contributed by atoms with Crippen LogP contribution in [0.25, 0.3) is 11.5 Å². The number of nitrogens with one attached hydrogen (secondary N) is 1. The van der Waals surface area contributed by atoms with Crippen LogP contribution in [-0.4, -0.2) is 27.0 Å². The first-order chi connectivity index (χ1) is 10.2. The van der Waals surface area contributed by atoms with E-state index >= 15 is 0 Å². The molecule has 6 heteroatoms. The van der Waals surface area contributed by atoms with Gasteiger partial charge in [0, 0.05) is 19.2 Å². The van der Waals surface area contributed by atoms with Gasteiger partial charge in [0.15, 0.2) is 5.82 Å². The molecule has 1 N–H and O–H groups in total. The predicted molar refractivity (Wildman–Crippen MR) is 86.3 cm³/mol. The first kappa shape index (κ1) is 14.4. The van der Waals surface area contributed by atoms with Gasteiger partial charge in [0.25, 0.3) is 0 Å². The van der Waals surface area contributed by atoms with Gasteiger partial charge in [-0.05, 0) is 41.8 Å². The standard InChI is InChI=1S/C15H18BrN5/c1-9-18-8-7-11(19-9)14-20-13(10-5-3-4-6-10)12(16)15(17-2)21-14/h7-8,10H,3-6H2,1-2H3,(H,17,20,21). The molecule has 0 radical (unpaired) electrons. The largest absolute Gasteiger partial charge is 0.372 e. The van der Waals surface area contributed by atoms with Crippen LogP contribution in [0.1, 0.15) is 43.1 Å². The lowest BCUT2D eigenvalue weighted by Gasteiger charge is -2.15. The van der Waals surface area contributed by atoms with Crippen LogP contribution in [0.3, 0.4) is 0 Å². The molecule has 0 aromatic carbocycles. The molecule has 0 bridgehead atoms. The summed E-state index contributed by atoms with van der Waals surface area (Å²) in [6, 6.07) is 1.86. The van der Waals surface area contributed by atoms with Gasteiger partial charge in [-0.25, -0.2) is 19.9 Å². The highest BCUT2D eigenvalue weighted by atomic mass is 79.9. The average molecular weight is 348 g/mol. The zero-order chi connectivity index (χ0) is 14.8. The number of hydrogen-bond donors (Lipinski definition) is 1. The Kier molecular flexibility index (Phi) is 4.14. The number of rotatable bonds is 3. The van der Waals surface area contributed by atoms with Crippen molar-refractivity contribution in [2.24, 2.45) is 0 Å². The van der Waals surface area contributed by atoms with Crippen molar-refractivity contribution in [2.45, 2.75) is 38.5 Å². The topological polar surface area (TPSA) is 63.6 Å². The summed E-state index contributed by atoms with van der Waals surface area (Å²) in [6.07, 6.45) is 6.69. The molecule has 0 unspecified atom stereocenters. The third kappa shape index (κ3) is 2.90. The van der Waals surface area contributed by atoms with Gasteiger partial charge in [-0.15, -0.1) is 0 Å². The summed E-state index contributed by atoms with van der Waals surface area (Å²) in [4.78, 5) is 17.9. The van der Waals surface area contributed by atoms with Crippen molar-refractivity contribution < 1.29 is 0 Å². The maximum Gasteiger partial charge on any atom is 0.180 e. The molecule has 2 aromatic heterocycles. The van der Waals surface area contributed by atoms with Crippen molar-refractivity contribution in [1.29, 1.82) is 0 Å². The van der Waals surface area contributed by atoms with E-state index in [2.05, 4.69) is 36.2 Å². The minimum atomic E-state index is 0.510. The molecule has 2 aromatic rings. The van der Waals surface area contributed by atoms with Crippen LogP contribution in [0.5, 0.6) is 0 Å². The number of nitrogens with zero attached hydrogens (tertiary/aromatic N) is 4. The molecule has 1 saturated carbocycles. The monoisotopic (exact) mass is 347 g/mol. The van der Waals surface area contributed by atoms with Gasteiger partial charge in [-0.3, -0.25) is 0 Å². The fourth-order valence-corrected chi connectivity index (χ4v) is 3.49. The van der Waals surface area contributed by atoms with Gasteiger partial charge in [0.1, 0.15) is 17.3 Å². The van der Waals surface area contributed by atoms with E-state index < -0.39 is 0 Å². The molecule has 0 spiro atoms. The molecule has 0 amide bonds. The first-order valence-electron chi connectivity index (χ1n) is 7.24. The maximum atomic E-state index is 4.79. The number of halogens is 1. The van der Waals surface area contributed by atoms with Crippen molar-refractivity contribution in [2.75, 3.05) is 12.4 Å². The second-order valence-corrected chi connectivity index (χ2v) is 6.11. The molecule has 3 rings (SSSR count). The molecule has 21 heavy (non-hydrogen) atoms. The van der Waals surface area contributed by atoms with Crippen LogP contribution in [0.4, 0.5) is 5.82 Å². The number of aryl methyl sites for hydroxylation is 1. The van der Waals surface area contributed by atoms with E-state index in [0.717, 1.165) is 27.5 Å². The Bertz CT molecular complexity index is 653. The van der Waals surface area contributed by atoms with E-state index in [0.29, 0.717) is 11.7 Å². The Balaban J connectivity index is 2.10. The Morgan fingerprint density at radius 1 is 1.19 bits per heavy atom. The SMILES string of the molecule is CNc1nc(-c2ccnc(C)n2)nc(C2CCCC2)c1Br. The molecule has 5 nitrogen and oxygen atoms in total. The van der Waals surface area contributed by atoms with Crippen molar-refractivity contribution in [3.63, 3.8) is 0 Å². The molecule has 0 aliphatic heterocycles. The van der Waals surface area contributed by atoms with Crippen LogP contribution in [-0.2, 0) is 0 Å². The second kappa shape index (κ2) is 6.05. The molecule has 110 valence electrons. The van der Waals surface area contributed by atoms with E-state index in [-0.39, 0.29) is 0 Å². The summed E-state index contributed by atoms with van der Waals surface area (Å²) >= 11 is 3.65. The lowest BCUT2D eigenvalue weighted by atomic mass is 10.0. The van der Waals surface area contributed by atoms with E-state index in [4.69, 9.17) is 4.98 Å². The minimum absolute atomic E-state index is 0.510. The van der Waals surface area contributed by atoms with E-state index in [1.165, 1.54) is 25.7 Å². The number of hydrogen-bond acceptors (Lipinski definition) is 5. The Labute approximate surface area is 132 Å². The second-order valence-electron chi connectivity index (χ2n) is 5.32. The summed E-state index contributed by atoms with van der Waals surface area (Å²) in [7, 11) is 1.88. The van der Waals surface area contributed by atoms with Crippen molar-refractivity contribution in [3.05, 3.63) is 28.3 Å². The van der Waals surface area contributed by atoms with Gasteiger partial charge in [0.05, 0.1) is 10.2 Å². The fourth-order valence-electron chi connectivity index (χ4n) is 2.80. The average Bonchev–Trinajstić information content (AvgIpc) is 3.01. The van der Waals surface area contributed by atoms with E-state index in [9.17, 15) is 0 Å². The molecule has 0 atom stereocenters. The Morgan fingerprint density at radius 3 is 2.62 bits per heavy atom. The molecule has 1 fully saturated rings. The molecule has 0 saturated heterocycles. The molecule has 1 aliphatic carbocycles. The lowest BCUT2D eigenvalue weighted by molar-refractivity contribution is 0.691. The normalized spacial score (nSPS) is 15.4. The van der Waals surface area contributed by atoms with Crippen LogP contribution < -0.4 is 5.32 Å². The quantitative estimate of drug-likeness (QED) is 0.916. The third-order valence-electron chi connectivity index (χ3n) is 3.86. The zero-order valence-corrected chi connectivity index (χ0v) is 13.8. The smallest absolute Gasteiger partial charge is 0.180 e. The highest BCUT2D eigenvalue weighted by Gasteiger charge is 2.24. The van der Waals surface area contributed by atoms with Gasteiger partial charge in [-0.2, -0.15) is 0 Å². The zero-order valence-electron chi connectivity index (χ0n) is 12.2. The fraction of sp³-hybridized carbons (Fsp3) is 0.467. The van der Waals surface area contributed by atoms with Crippen molar-refractivity contribution in [1.82, 2.24) is 19.9 Å². The van der Waals surface area contributed by atoms with E-state index in [1.807, 2.05) is 20.0 Å². The summed E-state index contributed by atoms with van der Waals surface area (Å²) in [5, 5.41) is 3.14. The molecule has 2 heterocycles. The molecular formula is C15H18BrN5. The minimum Gasteiger partial charge on any atom is -0.372 e. The summed E-state index contributed by atoms with van der Waals surface area (Å²) in [6.45, 7) is 1.87. The highest BCUT2D eigenvalue weighted by molar-refractivity contribution is 9.10. The summed E-state index contributed by atoms with van der Waals surface area (Å²) < 4.78 is 0.978. The highest BCUT2D eigenvalue weighted by Crippen LogP contribution is 2.39. The number of aromatic nitrogens is 4. The van der Waals surface area contributed by atoms with Gasteiger partial charge >= 0.3 is 0 Å². The summed E-state index contributed by atoms with van der Waals surface area (Å²) in [5.74, 6) is 2.72. The van der Waals surface area contributed by atoms with Crippen molar-refractivity contribution in [3.8, 4) is 11.5 Å². The van der Waals surface area contributed by atoms with Gasteiger partial charge < -0.3 is 5.32 Å². The van der Waals surface area contributed by atoms with Gasteiger partial charge in [0.2, 0.25) is 0 Å².